The molecule has 1 aliphatic heterocycles. The van der Waals surface area contributed by atoms with Crippen LogP contribution in [0.2, 0.25) is 0 Å². The summed E-state index contributed by atoms with van der Waals surface area (Å²) in [7, 11) is -3.52. The van der Waals surface area contributed by atoms with E-state index in [1.54, 1.807) is 0 Å². The lowest BCUT2D eigenvalue weighted by molar-refractivity contribution is 0.350. The lowest BCUT2D eigenvalue weighted by Crippen LogP contribution is -2.36. The van der Waals surface area contributed by atoms with E-state index in [1.165, 1.54) is 12.6 Å². The number of hydrogen-bond acceptors (Lipinski definition) is 4. The molecule has 1 heterocycles. The Morgan fingerprint density at radius 1 is 1.57 bits per heavy atom. The number of nitrogens with two attached hydrogens (primary N) is 1. The van der Waals surface area contributed by atoms with Gasteiger partial charge in [-0.3, -0.25) is 0 Å². The van der Waals surface area contributed by atoms with Gasteiger partial charge in [0.05, 0.1) is 0 Å². The molecule has 1 aliphatic carbocycles. The minimum absolute atomic E-state index is 0.107. The highest BCUT2D eigenvalue weighted by Gasteiger charge is 2.24. The van der Waals surface area contributed by atoms with Gasteiger partial charge in [-0.25, -0.2) is 0 Å². The quantitative estimate of drug-likeness (QED) is 0.677. The van der Waals surface area contributed by atoms with Crippen LogP contribution in [0, 0.1) is 0 Å². The third kappa shape index (κ3) is 1.67. The Morgan fingerprint density at radius 2 is 2.29 bits per heavy atom. The fraction of sp³-hybridized carbons (Fsp3) is 0.625. The zero-order chi connectivity index (χ0) is 10.2. The van der Waals surface area contributed by atoms with Crippen molar-refractivity contribution < 1.29 is 8.42 Å². The zero-order valence-electron chi connectivity index (χ0n) is 7.73. The van der Waals surface area contributed by atoms with Gasteiger partial charge in [0.2, 0.25) is 0 Å². The lowest BCUT2D eigenvalue weighted by Gasteiger charge is -2.26. The molecule has 0 atom stereocenters. The third-order valence-electron chi connectivity index (χ3n) is 2.63. The molecule has 5 nitrogen and oxygen atoms in total. The van der Waals surface area contributed by atoms with Crippen LogP contribution < -0.4 is 11.1 Å². The van der Waals surface area contributed by atoms with Crippen LogP contribution >= 0.6 is 0 Å². The molecule has 1 saturated carbocycles. The Labute approximate surface area is 83.1 Å². The van der Waals surface area contributed by atoms with Crippen LogP contribution in [0.5, 0.6) is 0 Å². The van der Waals surface area contributed by atoms with E-state index in [0.717, 1.165) is 12.8 Å². The molecule has 0 saturated heterocycles. The van der Waals surface area contributed by atoms with Crippen LogP contribution in [0.3, 0.4) is 0 Å². The topological polar surface area (TPSA) is 84.5 Å². The molecule has 6 heteroatoms. The van der Waals surface area contributed by atoms with Gasteiger partial charge in [0.25, 0.3) is 10.0 Å². The van der Waals surface area contributed by atoms with Crippen LogP contribution in [0.25, 0.3) is 0 Å². The monoisotopic (exact) mass is 215 g/mol. The van der Waals surface area contributed by atoms with Gasteiger partial charge in [-0.2, -0.15) is 12.8 Å². The maximum Gasteiger partial charge on any atom is 0.297 e. The van der Waals surface area contributed by atoms with Crippen molar-refractivity contribution in [3.63, 3.8) is 0 Å². The zero-order valence-corrected chi connectivity index (χ0v) is 8.55. The maximum absolute atomic E-state index is 11.1. The molecule has 1 fully saturated rings. The molecule has 0 spiro atoms. The molecule has 2 aliphatic rings. The van der Waals surface area contributed by atoms with Gasteiger partial charge in [0.1, 0.15) is 0 Å². The van der Waals surface area contributed by atoms with E-state index in [0.29, 0.717) is 18.2 Å². The van der Waals surface area contributed by atoms with Crippen molar-refractivity contribution in [2.24, 2.45) is 10.1 Å². The van der Waals surface area contributed by atoms with E-state index in [1.807, 2.05) is 0 Å². The van der Waals surface area contributed by atoms with E-state index in [2.05, 4.69) is 9.71 Å². The molecule has 0 bridgehead atoms. The molecule has 2 rings (SSSR count). The fourth-order valence-corrected chi connectivity index (χ4v) is 2.25. The Kier molecular flexibility index (Phi) is 2.32. The van der Waals surface area contributed by atoms with E-state index in [4.69, 9.17) is 5.73 Å². The van der Waals surface area contributed by atoms with E-state index in [9.17, 15) is 8.42 Å². The second-order valence-corrected chi connectivity index (χ2v) is 5.21. The summed E-state index contributed by atoms with van der Waals surface area (Å²) in [5, 5.41) is 3.13. The van der Waals surface area contributed by atoms with E-state index < -0.39 is 10.0 Å². The fourth-order valence-electron chi connectivity index (χ4n) is 1.42. The van der Waals surface area contributed by atoms with Gasteiger partial charge in [0, 0.05) is 24.4 Å². The predicted octanol–water partition coefficient (Wildman–Crippen LogP) is -0.287. The average molecular weight is 215 g/mol. The van der Waals surface area contributed by atoms with Gasteiger partial charge >= 0.3 is 0 Å². The normalized spacial score (nSPS) is 25.4. The molecule has 0 amide bonds. The molecule has 0 aromatic rings. The smallest absolute Gasteiger partial charge is 0.297 e. The highest BCUT2D eigenvalue weighted by atomic mass is 32.2. The van der Waals surface area contributed by atoms with Gasteiger partial charge in [-0.05, 0) is 12.8 Å². The minimum Gasteiger partial charge on any atom is -0.388 e. The van der Waals surface area contributed by atoms with Gasteiger partial charge in [0.15, 0.2) is 5.03 Å². The van der Waals surface area contributed by atoms with Crippen molar-refractivity contribution >= 4 is 16.2 Å². The highest BCUT2D eigenvalue weighted by molar-refractivity contribution is 7.94. The lowest BCUT2D eigenvalue weighted by atomic mass is 9.93. The molecular weight excluding hydrogens is 202 g/mol. The SMILES string of the molecule is NC1=C(CNC2CCC2)C=NS1(=O)=O. The minimum atomic E-state index is -3.52. The molecule has 3 N–H and O–H groups in total. The second-order valence-electron chi connectivity index (χ2n) is 3.61. The molecule has 0 unspecified atom stereocenters. The van der Waals surface area contributed by atoms with Crippen LogP contribution in [-0.2, 0) is 10.0 Å². The number of nitrogens with zero attached hydrogens (tertiary/aromatic N) is 1. The first kappa shape index (κ1) is 9.67. The summed E-state index contributed by atoms with van der Waals surface area (Å²) in [6, 6.07) is 0.520. The van der Waals surface area contributed by atoms with E-state index in [-0.39, 0.29) is 5.03 Å². The first-order chi connectivity index (χ1) is 6.59. The average Bonchev–Trinajstić information content (AvgIpc) is 2.28. The second kappa shape index (κ2) is 3.36. The number of hydrogen-bond donors (Lipinski definition) is 2. The summed E-state index contributed by atoms with van der Waals surface area (Å²) >= 11 is 0. The van der Waals surface area contributed by atoms with Crippen molar-refractivity contribution in [3.8, 4) is 0 Å². The third-order valence-corrected chi connectivity index (χ3v) is 3.83. The summed E-state index contributed by atoms with van der Waals surface area (Å²) < 4.78 is 25.5. The summed E-state index contributed by atoms with van der Waals surface area (Å²) in [4.78, 5) is 0. The van der Waals surface area contributed by atoms with Crippen LogP contribution in [0.15, 0.2) is 15.0 Å². The maximum atomic E-state index is 11.1. The molecular formula is C8H13N3O2S. The molecule has 0 radical (unpaired) electrons. The molecule has 0 aromatic carbocycles. The van der Waals surface area contributed by atoms with Crippen molar-refractivity contribution in [2.75, 3.05) is 6.54 Å². The standard InChI is InChI=1S/C8H13N3O2S/c9-8-6(5-11-14(8,12)13)4-10-7-2-1-3-7/h5,7,10H,1-4,9H2. The molecule has 78 valence electrons. The van der Waals surface area contributed by atoms with Gasteiger partial charge in [-0.1, -0.05) is 6.42 Å². The molecule has 0 aromatic heterocycles. The Hall–Kier alpha value is -0.880. The highest BCUT2D eigenvalue weighted by Crippen LogP contribution is 2.19. The first-order valence-electron chi connectivity index (χ1n) is 4.62. The van der Waals surface area contributed by atoms with Crippen molar-refractivity contribution in [3.05, 3.63) is 10.6 Å². The van der Waals surface area contributed by atoms with E-state index >= 15 is 0 Å². The van der Waals surface area contributed by atoms with Crippen molar-refractivity contribution in [2.45, 2.75) is 25.3 Å². The van der Waals surface area contributed by atoms with Crippen LogP contribution in [0.4, 0.5) is 0 Å². The predicted molar refractivity (Wildman–Crippen MR) is 54.3 cm³/mol. The summed E-state index contributed by atoms with van der Waals surface area (Å²) in [5.41, 5.74) is 6.01. The number of sulfonamides is 1. The first-order valence-corrected chi connectivity index (χ1v) is 6.06. The van der Waals surface area contributed by atoms with Crippen LogP contribution in [-0.4, -0.2) is 27.2 Å². The number of rotatable bonds is 3. The molecule has 14 heavy (non-hydrogen) atoms. The summed E-state index contributed by atoms with van der Waals surface area (Å²) in [6.07, 6.45) is 4.91. The largest absolute Gasteiger partial charge is 0.388 e. The Bertz CT molecular complexity index is 393. The van der Waals surface area contributed by atoms with Crippen molar-refractivity contribution in [1.82, 2.24) is 5.32 Å². The number of nitrogens with one attached hydrogen (secondary N) is 1. The summed E-state index contributed by atoms with van der Waals surface area (Å²) in [6.45, 7) is 0.499. The summed E-state index contributed by atoms with van der Waals surface area (Å²) in [5.74, 6) is 0. The van der Waals surface area contributed by atoms with Gasteiger partial charge < -0.3 is 11.1 Å². The van der Waals surface area contributed by atoms with Crippen molar-refractivity contribution in [1.29, 1.82) is 0 Å². The Morgan fingerprint density at radius 3 is 2.71 bits per heavy atom. The van der Waals surface area contributed by atoms with Gasteiger partial charge in [-0.15, -0.1) is 0 Å². The Balaban J connectivity index is 1.98. The van der Waals surface area contributed by atoms with Crippen LogP contribution in [0.1, 0.15) is 19.3 Å².